The molecule has 29 heavy (non-hydrogen) atoms. The van der Waals surface area contributed by atoms with E-state index < -0.39 is 39.1 Å². The van der Waals surface area contributed by atoms with Crippen molar-refractivity contribution in [3.63, 3.8) is 0 Å². The maximum atomic E-state index is 12.8. The van der Waals surface area contributed by atoms with Crippen LogP contribution < -0.4 is 0 Å². The number of carbonyl (C=O) groups is 2. The molecule has 1 heterocycles. The van der Waals surface area contributed by atoms with Gasteiger partial charge in [0.1, 0.15) is 17.3 Å². The number of hydrogen-bond acceptors (Lipinski definition) is 8. The fraction of sp³-hybridized carbons (Fsp3) is 0.600. The van der Waals surface area contributed by atoms with Crippen molar-refractivity contribution in [2.24, 2.45) is 5.92 Å². The van der Waals surface area contributed by atoms with E-state index in [9.17, 15) is 18.0 Å². The summed E-state index contributed by atoms with van der Waals surface area (Å²) < 4.78 is 35.7. The van der Waals surface area contributed by atoms with Gasteiger partial charge in [0.2, 0.25) is 0 Å². The number of benzene rings is 1. The molecule has 1 saturated heterocycles. The normalized spacial score (nSPS) is 31.7. The molecule has 0 aromatic heterocycles. The van der Waals surface area contributed by atoms with E-state index in [0.717, 1.165) is 0 Å². The monoisotopic (exact) mass is 426 g/mol. The van der Waals surface area contributed by atoms with Gasteiger partial charge in [-0.3, -0.25) is 0 Å². The van der Waals surface area contributed by atoms with Gasteiger partial charge in [0.25, 0.3) is 0 Å². The number of sulfone groups is 1. The quantitative estimate of drug-likeness (QED) is 0.401. The van der Waals surface area contributed by atoms with Gasteiger partial charge in [0.05, 0.1) is 17.3 Å². The van der Waals surface area contributed by atoms with Gasteiger partial charge in [0.15, 0.2) is 9.84 Å². The second kappa shape index (κ2) is 8.04. The van der Waals surface area contributed by atoms with Crippen LogP contribution in [0.3, 0.4) is 0 Å². The van der Waals surface area contributed by atoms with Gasteiger partial charge in [-0.15, -0.1) is 0 Å². The summed E-state index contributed by atoms with van der Waals surface area (Å²) in [4.78, 5) is 34.9. The van der Waals surface area contributed by atoms with Crippen LogP contribution in [-0.4, -0.2) is 50.0 Å². The minimum atomic E-state index is -3.57. The Kier molecular flexibility index (Phi) is 6.03. The van der Waals surface area contributed by atoms with E-state index in [0.29, 0.717) is 19.3 Å². The summed E-state index contributed by atoms with van der Waals surface area (Å²) in [6.45, 7) is 5.07. The molecule has 1 aliphatic heterocycles. The molecule has 0 radical (unpaired) electrons. The molecule has 0 unspecified atom stereocenters. The number of esters is 2. The number of fused-ring (bicyclic) bond motifs is 2. The minimum Gasteiger partial charge on any atom is -0.458 e. The van der Waals surface area contributed by atoms with Crippen LogP contribution in [0.4, 0.5) is 0 Å². The average Bonchev–Trinajstić information content (AvgIpc) is 2.67. The molecule has 2 fully saturated rings. The van der Waals surface area contributed by atoms with Gasteiger partial charge < -0.3 is 9.47 Å². The second-order valence-electron chi connectivity index (χ2n) is 7.95. The van der Waals surface area contributed by atoms with Gasteiger partial charge in [-0.05, 0) is 58.1 Å². The van der Waals surface area contributed by atoms with E-state index in [-0.39, 0.29) is 23.2 Å². The Bertz CT molecular complexity index is 868. The van der Waals surface area contributed by atoms with E-state index in [1.807, 2.05) is 0 Å². The first kappa shape index (κ1) is 21.7. The molecule has 9 heteroatoms. The van der Waals surface area contributed by atoms with Crippen molar-refractivity contribution in [3.05, 3.63) is 30.3 Å². The van der Waals surface area contributed by atoms with Crippen LogP contribution in [0, 0.1) is 5.92 Å². The summed E-state index contributed by atoms with van der Waals surface area (Å²) >= 11 is 0. The van der Waals surface area contributed by atoms with Gasteiger partial charge in [-0.1, -0.05) is 18.2 Å². The molecule has 160 valence electrons. The molecular formula is C20H26O8S. The lowest BCUT2D eigenvalue weighted by molar-refractivity contribution is -0.441. The molecule has 1 aromatic rings. The SMILES string of the molecule is CCOC(=O)C(=O)O[C@]1(C)CC[C@@H]2C[C@H]1OO[C@@]2(C)CS(=O)(=O)c1ccccc1. The first-order valence-electron chi connectivity index (χ1n) is 9.62. The van der Waals surface area contributed by atoms with Gasteiger partial charge in [-0.2, -0.15) is 0 Å². The smallest absolute Gasteiger partial charge is 0.418 e. The summed E-state index contributed by atoms with van der Waals surface area (Å²) in [5, 5.41) is 0. The number of ether oxygens (including phenoxy) is 2. The highest BCUT2D eigenvalue weighted by atomic mass is 32.2. The summed E-state index contributed by atoms with van der Waals surface area (Å²) in [6, 6.07) is 8.21. The van der Waals surface area contributed by atoms with E-state index in [1.165, 1.54) is 0 Å². The Hall–Kier alpha value is -1.97. The molecule has 3 rings (SSSR count). The third kappa shape index (κ3) is 4.46. The van der Waals surface area contributed by atoms with Crippen LogP contribution in [-0.2, 0) is 38.7 Å². The first-order chi connectivity index (χ1) is 13.6. The van der Waals surface area contributed by atoms with Crippen molar-refractivity contribution >= 4 is 21.8 Å². The largest absolute Gasteiger partial charge is 0.458 e. The number of hydrogen-bond donors (Lipinski definition) is 0. The van der Waals surface area contributed by atoms with Crippen molar-refractivity contribution in [2.75, 3.05) is 12.4 Å². The van der Waals surface area contributed by atoms with Gasteiger partial charge >= 0.3 is 11.9 Å². The average molecular weight is 426 g/mol. The maximum absolute atomic E-state index is 12.8. The lowest BCUT2D eigenvalue weighted by Gasteiger charge is -2.51. The molecule has 0 spiro atoms. The fourth-order valence-electron chi connectivity index (χ4n) is 3.97. The highest BCUT2D eigenvalue weighted by Gasteiger charge is 2.55. The van der Waals surface area contributed by atoms with Gasteiger partial charge in [-0.25, -0.2) is 27.8 Å². The molecule has 4 atom stereocenters. The molecule has 1 saturated carbocycles. The Morgan fingerprint density at radius 1 is 1.17 bits per heavy atom. The predicted molar refractivity (Wildman–Crippen MR) is 101 cm³/mol. The zero-order chi connectivity index (χ0) is 21.3. The molecule has 0 N–H and O–H groups in total. The van der Waals surface area contributed by atoms with Crippen molar-refractivity contribution in [1.29, 1.82) is 0 Å². The van der Waals surface area contributed by atoms with Crippen LogP contribution in [0.5, 0.6) is 0 Å². The molecule has 1 aromatic carbocycles. The van der Waals surface area contributed by atoms with E-state index in [4.69, 9.17) is 14.5 Å². The number of rotatable bonds is 5. The predicted octanol–water partition coefficient (Wildman–Crippen LogP) is 2.21. The topological polar surface area (TPSA) is 105 Å². The molecular weight excluding hydrogens is 400 g/mol. The summed E-state index contributed by atoms with van der Waals surface area (Å²) in [6.07, 6.45) is 0.825. The Labute approximate surface area is 170 Å². The van der Waals surface area contributed by atoms with Crippen LogP contribution in [0.25, 0.3) is 0 Å². The van der Waals surface area contributed by atoms with Crippen molar-refractivity contribution < 1.29 is 37.3 Å². The lowest BCUT2D eigenvalue weighted by Crippen LogP contribution is -2.60. The van der Waals surface area contributed by atoms with Crippen molar-refractivity contribution in [3.8, 4) is 0 Å². The second-order valence-corrected chi connectivity index (χ2v) is 9.94. The zero-order valence-electron chi connectivity index (χ0n) is 16.8. The standard InChI is InChI=1S/C20H26O8S/c1-4-25-17(21)18(22)26-19(2)11-10-14-12-16(19)27-28-20(14,3)13-29(23,24)15-8-6-5-7-9-15/h5-9,14,16H,4,10-13H2,1-3H3/t14-,16-,19-,20+/m1/s1. The molecule has 0 amide bonds. The first-order valence-corrected chi connectivity index (χ1v) is 11.3. The van der Waals surface area contributed by atoms with Gasteiger partial charge in [0, 0.05) is 0 Å². The maximum Gasteiger partial charge on any atom is 0.418 e. The summed E-state index contributed by atoms with van der Waals surface area (Å²) in [5.41, 5.74) is -2.09. The molecule has 2 aliphatic rings. The highest BCUT2D eigenvalue weighted by Crippen LogP contribution is 2.47. The zero-order valence-corrected chi connectivity index (χ0v) is 17.6. The van der Waals surface area contributed by atoms with Crippen LogP contribution in [0.15, 0.2) is 35.2 Å². The molecule has 8 nitrogen and oxygen atoms in total. The van der Waals surface area contributed by atoms with E-state index >= 15 is 0 Å². The Balaban J connectivity index is 1.70. The van der Waals surface area contributed by atoms with Crippen LogP contribution in [0.2, 0.25) is 0 Å². The van der Waals surface area contributed by atoms with E-state index in [2.05, 4.69) is 4.74 Å². The minimum absolute atomic E-state index is 0.0734. The summed E-state index contributed by atoms with van der Waals surface area (Å²) in [7, 11) is -3.57. The number of carbonyl (C=O) groups excluding carboxylic acids is 2. The molecule has 2 bridgehead atoms. The van der Waals surface area contributed by atoms with Crippen molar-refractivity contribution in [1.82, 2.24) is 0 Å². The van der Waals surface area contributed by atoms with Crippen LogP contribution >= 0.6 is 0 Å². The lowest BCUT2D eigenvalue weighted by atomic mass is 9.71. The third-order valence-electron chi connectivity index (χ3n) is 5.73. The van der Waals surface area contributed by atoms with E-state index in [1.54, 1.807) is 51.1 Å². The van der Waals surface area contributed by atoms with Crippen LogP contribution in [0.1, 0.15) is 40.0 Å². The highest BCUT2D eigenvalue weighted by molar-refractivity contribution is 7.91. The Morgan fingerprint density at radius 3 is 2.52 bits per heavy atom. The molecule has 1 aliphatic carbocycles. The third-order valence-corrected chi connectivity index (χ3v) is 7.68. The summed E-state index contributed by atoms with van der Waals surface area (Å²) in [5.74, 6) is -2.45. The van der Waals surface area contributed by atoms with Crippen molar-refractivity contribution in [2.45, 2.75) is 62.2 Å². The Morgan fingerprint density at radius 2 is 1.86 bits per heavy atom. The fourth-order valence-corrected chi connectivity index (χ4v) is 5.75.